The molecule has 0 bridgehead atoms. The van der Waals surface area contributed by atoms with Gasteiger partial charge in [0.2, 0.25) is 0 Å². The van der Waals surface area contributed by atoms with Crippen LogP contribution in [0.5, 0.6) is 5.75 Å². The number of benzene rings is 1. The van der Waals surface area contributed by atoms with Crippen LogP contribution in [0.1, 0.15) is 45.1 Å². The summed E-state index contributed by atoms with van der Waals surface area (Å²) >= 11 is 0. The Bertz CT molecular complexity index is 263. The highest BCUT2D eigenvalue weighted by atomic mass is 16.3. The normalized spacial score (nSPS) is 12.7. The molecule has 0 amide bonds. The van der Waals surface area contributed by atoms with Gasteiger partial charge in [-0.05, 0) is 30.0 Å². The molecule has 1 unspecified atom stereocenters. The van der Waals surface area contributed by atoms with Gasteiger partial charge in [0, 0.05) is 0 Å². The monoisotopic (exact) mass is 206 g/mol. The van der Waals surface area contributed by atoms with Crippen LogP contribution in [-0.4, -0.2) is 5.11 Å². The van der Waals surface area contributed by atoms with Crippen molar-refractivity contribution in [1.29, 1.82) is 0 Å². The van der Waals surface area contributed by atoms with Gasteiger partial charge in [-0.1, -0.05) is 51.7 Å². The summed E-state index contributed by atoms with van der Waals surface area (Å²) in [5, 5.41) is 9.16. The van der Waals surface area contributed by atoms with Gasteiger partial charge in [-0.15, -0.1) is 0 Å². The van der Waals surface area contributed by atoms with E-state index in [9.17, 15) is 0 Å². The summed E-state index contributed by atoms with van der Waals surface area (Å²) in [6, 6.07) is 7.58. The molecule has 15 heavy (non-hydrogen) atoms. The van der Waals surface area contributed by atoms with Crippen molar-refractivity contribution in [1.82, 2.24) is 0 Å². The van der Waals surface area contributed by atoms with E-state index in [0.717, 1.165) is 12.3 Å². The van der Waals surface area contributed by atoms with Gasteiger partial charge < -0.3 is 5.11 Å². The zero-order valence-corrected chi connectivity index (χ0v) is 9.87. The summed E-state index contributed by atoms with van der Waals surface area (Å²) in [5.41, 5.74) is 1.33. The van der Waals surface area contributed by atoms with Gasteiger partial charge >= 0.3 is 0 Å². The quantitative estimate of drug-likeness (QED) is 0.693. The summed E-state index contributed by atoms with van der Waals surface area (Å²) < 4.78 is 0. The van der Waals surface area contributed by atoms with Crippen LogP contribution in [-0.2, 0) is 6.42 Å². The molecule has 0 radical (unpaired) electrons. The minimum Gasteiger partial charge on any atom is -0.508 e. The molecule has 1 heteroatoms. The van der Waals surface area contributed by atoms with Crippen molar-refractivity contribution in [3.05, 3.63) is 29.8 Å². The van der Waals surface area contributed by atoms with Crippen LogP contribution in [0.25, 0.3) is 0 Å². The van der Waals surface area contributed by atoms with E-state index in [2.05, 4.69) is 13.8 Å². The second-order valence-corrected chi connectivity index (χ2v) is 4.47. The topological polar surface area (TPSA) is 20.2 Å². The maximum Gasteiger partial charge on any atom is 0.115 e. The molecule has 1 atom stereocenters. The molecule has 1 nitrogen and oxygen atoms in total. The summed E-state index contributed by atoms with van der Waals surface area (Å²) in [7, 11) is 0. The molecule has 1 aromatic carbocycles. The van der Waals surface area contributed by atoms with E-state index >= 15 is 0 Å². The second-order valence-electron chi connectivity index (χ2n) is 4.47. The predicted molar refractivity (Wildman–Crippen MR) is 65.1 cm³/mol. The Labute approximate surface area is 93.1 Å². The van der Waals surface area contributed by atoms with Crippen LogP contribution in [0.2, 0.25) is 0 Å². The van der Waals surface area contributed by atoms with Crippen molar-refractivity contribution in [2.24, 2.45) is 5.92 Å². The predicted octanol–water partition coefficient (Wildman–Crippen LogP) is 4.15. The van der Waals surface area contributed by atoms with Crippen molar-refractivity contribution in [2.45, 2.75) is 46.0 Å². The smallest absolute Gasteiger partial charge is 0.115 e. The summed E-state index contributed by atoms with van der Waals surface area (Å²) in [4.78, 5) is 0. The number of rotatable bonds is 6. The van der Waals surface area contributed by atoms with Crippen molar-refractivity contribution < 1.29 is 5.11 Å². The van der Waals surface area contributed by atoms with Gasteiger partial charge in [0.15, 0.2) is 0 Å². The molecular weight excluding hydrogens is 184 g/mol. The first-order valence-electron chi connectivity index (χ1n) is 6.00. The van der Waals surface area contributed by atoms with Crippen LogP contribution in [0.3, 0.4) is 0 Å². The molecule has 0 fully saturated rings. The summed E-state index contributed by atoms with van der Waals surface area (Å²) in [6.07, 6.45) is 6.43. The van der Waals surface area contributed by atoms with Crippen LogP contribution in [0.4, 0.5) is 0 Å². The summed E-state index contributed by atoms with van der Waals surface area (Å²) in [6.45, 7) is 4.55. The number of aromatic hydroxyl groups is 1. The Morgan fingerprint density at radius 2 is 1.80 bits per heavy atom. The van der Waals surface area contributed by atoms with Crippen LogP contribution < -0.4 is 0 Å². The molecule has 0 heterocycles. The maximum absolute atomic E-state index is 9.16. The molecule has 0 aliphatic heterocycles. The second kappa shape index (κ2) is 6.49. The number of hydrogen-bond donors (Lipinski definition) is 1. The lowest BCUT2D eigenvalue weighted by Crippen LogP contribution is -1.99. The molecule has 0 saturated heterocycles. The van der Waals surface area contributed by atoms with Gasteiger partial charge in [0.25, 0.3) is 0 Å². The number of phenolic OH excluding ortho intramolecular Hbond substituents is 1. The van der Waals surface area contributed by atoms with E-state index in [1.807, 2.05) is 12.1 Å². The first-order valence-corrected chi connectivity index (χ1v) is 6.00. The molecule has 0 aliphatic carbocycles. The molecule has 0 aromatic heterocycles. The Balaban J connectivity index is 2.31. The molecular formula is C14H22O. The highest BCUT2D eigenvalue weighted by molar-refractivity contribution is 5.26. The van der Waals surface area contributed by atoms with E-state index in [4.69, 9.17) is 5.11 Å². The van der Waals surface area contributed by atoms with E-state index in [1.54, 1.807) is 12.1 Å². The third-order valence-electron chi connectivity index (χ3n) is 2.82. The summed E-state index contributed by atoms with van der Waals surface area (Å²) in [5.74, 6) is 1.11. The lowest BCUT2D eigenvalue weighted by molar-refractivity contribution is 0.473. The first kappa shape index (κ1) is 12.1. The highest BCUT2D eigenvalue weighted by Crippen LogP contribution is 2.17. The lowest BCUT2D eigenvalue weighted by Gasteiger charge is -2.10. The minimum absolute atomic E-state index is 0.359. The van der Waals surface area contributed by atoms with Crippen molar-refractivity contribution in [2.75, 3.05) is 0 Å². The van der Waals surface area contributed by atoms with Crippen molar-refractivity contribution in [3.8, 4) is 5.75 Å². The average Bonchev–Trinajstić information content (AvgIpc) is 2.22. The van der Waals surface area contributed by atoms with Gasteiger partial charge in [0.1, 0.15) is 5.75 Å². The van der Waals surface area contributed by atoms with Crippen molar-refractivity contribution >= 4 is 0 Å². The lowest BCUT2D eigenvalue weighted by atomic mass is 9.95. The molecule has 1 N–H and O–H groups in total. The number of hydrogen-bond acceptors (Lipinski definition) is 1. The Kier molecular flexibility index (Phi) is 5.23. The maximum atomic E-state index is 9.16. The molecule has 1 rings (SSSR count). The highest BCUT2D eigenvalue weighted by Gasteiger charge is 2.03. The van der Waals surface area contributed by atoms with E-state index in [0.29, 0.717) is 5.75 Å². The van der Waals surface area contributed by atoms with Crippen LogP contribution in [0, 0.1) is 5.92 Å². The van der Waals surface area contributed by atoms with Crippen LogP contribution >= 0.6 is 0 Å². The fourth-order valence-corrected chi connectivity index (χ4v) is 1.88. The van der Waals surface area contributed by atoms with E-state index in [-0.39, 0.29) is 0 Å². The molecule has 84 valence electrons. The zero-order chi connectivity index (χ0) is 11.1. The fraction of sp³-hybridized carbons (Fsp3) is 0.571. The van der Waals surface area contributed by atoms with E-state index < -0.39 is 0 Å². The number of unbranched alkanes of at least 4 members (excludes halogenated alkanes) is 2. The van der Waals surface area contributed by atoms with Crippen LogP contribution in [0.15, 0.2) is 24.3 Å². The third kappa shape index (κ3) is 4.87. The van der Waals surface area contributed by atoms with Gasteiger partial charge in [0.05, 0.1) is 0 Å². The first-order chi connectivity index (χ1) is 7.22. The average molecular weight is 206 g/mol. The molecule has 0 spiro atoms. The Hall–Kier alpha value is -0.980. The fourth-order valence-electron chi connectivity index (χ4n) is 1.88. The third-order valence-corrected chi connectivity index (χ3v) is 2.82. The SMILES string of the molecule is CCCCCC(C)Cc1ccc(O)cc1. The molecule has 1 aromatic rings. The molecule has 0 aliphatic rings. The number of phenols is 1. The van der Waals surface area contributed by atoms with E-state index in [1.165, 1.54) is 31.2 Å². The van der Waals surface area contributed by atoms with Crippen molar-refractivity contribution in [3.63, 3.8) is 0 Å². The van der Waals surface area contributed by atoms with Gasteiger partial charge in [-0.25, -0.2) is 0 Å². The standard InChI is InChI=1S/C14H22O/c1-3-4-5-6-12(2)11-13-7-9-14(15)10-8-13/h7-10,12,15H,3-6,11H2,1-2H3. The zero-order valence-electron chi connectivity index (χ0n) is 9.87. The minimum atomic E-state index is 0.359. The molecule has 0 saturated carbocycles. The largest absolute Gasteiger partial charge is 0.508 e. The Morgan fingerprint density at radius 3 is 2.40 bits per heavy atom. The van der Waals surface area contributed by atoms with Gasteiger partial charge in [-0.3, -0.25) is 0 Å². The Morgan fingerprint density at radius 1 is 1.13 bits per heavy atom. The van der Waals surface area contributed by atoms with Gasteiger partial charge in [-0.2, -0.15) is 0 Å².